The van der Waals surface area contributed by atoms with Crippen molar-refractivity contribution in [1.82, 2.24) is 19.9 Å². The Morgan fingerprint density at radius 2 is 1.74 bits per heavy atom. The minimum atomic E-state index is -4.46. The molecule has 3 aromatic heterocycles. The minimum Gasteiger partial charge on any atom is -0.481 e. The van der Waals surface area contributed by atoms with Crippen LogP contribution < -0.4 is 4.90 Å². The molecule has 1 aliphatic carbocycles. The molecule has 11 heteroatoms. The molecule has 0 amide bonds. The van der Waals surface area contributed by atoms with Crippen LogP contribution in [-0.4, -0.2) is 56.3 Å². The van der Waals surface area contributed by atoms with Crippen LogP contribution in [0.3, 0.4) is 0 Å². The largest absolute Gasteiger partial charge is 0.481 e. The Labute approximate surface area is 199 Å². The number of nitrogens with zero attached hydrogens (tertiary/aromatic N) is 4. The zero-order valence-corrected chi connectivity index (χ0v) is 19.0. The first-order valence-electron chi connectivity index (χ1n) is 11.8. The van der Waals surface area contributed by atoms with Crippen LogP contribution in [-0.2, 0) is 15.7 Å². The number of rotatable bonds is 5. The fraction of sp³-hybridized carbons (Fsp3) is 0.500. The van der Waals surface area contributed by atoms with Gasteiger partial charge in [-0.2, -0.15) is 13.2 Å². The van der Waals surface area contributed by atoms with Crippen LogP contribution in [0.1, 0.15) is 44.1 Å². The molecule has 186 valence electrons. The molecule has 35 heavy (non-hydrogen) atoms. The summed E-state index contributed by atoms with van der Waals surface area (Å²) in [4.78, 5) is 28.8. The molecule has 1 saturated heterocycles. The Balaban J connectivity index is 1.17. The van der Waals surface area contributed by atoms with E-state index in [-0.39, 0.29) is 29.3 Å². The first-order chi connectivity index (χ1) is 16.8. The van der Waals surface area contributed by atoms with E-state index in [4.69, 9.17) is 9.84 Å². The van der Waals surface area contributed by atoms with Gasteiger partial charge in [0.1, 0.15) is 11.6 Å². The van der Waals surface area contributed by atoms with Crippen molar-refractivity contribution in [1.29, 1.82) is 0 Å². The Morgan fingerprint density at radius 1 is 1.03 bits per heavy atom. The monoisotopic (exact) mass is 489 g/mol. The molecule has 2 fully saturated rings. The van der Waals surface area contributed by atoms with Gasteiger partial charge in [-0.25, -0.2) is 15.0 Å². The topological polar surface area (TPSA) is 104 Å². The van der Waals surface area contributed by atoms with Gasteiger partial charge in [0, 0.05) is 31.0 Å². The maximum absolute atomic E-state index is 12.9. The van der Waals surface area contributed by atoms with E-state index >= 15 is 0 Å². The van der Waals surface area contributed by atoms with Crippen molar-refractivity contribution in [3.63, 3.8) is 0 Å². The molecule has 3 aromatic rings. The summed E-state index contributed by atoms with van der Waals surface area (Å²) in [5.41, 5.74) is 0.275. The van der Waals surface area contributed by atoms with E-state index in [2.05, 4.69) is 24.8 Å². The number of ether oxygens (including phenoxy) is 1. The van der Waals surface area contributed by atoms with E-state index in [1.54, 1.807) is 6.20 Å². The highest BCUT2D eigenvalue weighted by molar-refractivity contribution is 5.76. The van der Waals surface area contributed by atoms with E-state index in [1.807, 2.05) is 12.1 Å². The number of pyridine rings is 2. The van der Waals surface area contributed by atoms with Crippen molar-refractivity contribution in [2.75, 3.05) is 18.0 Å². The molecule has 0 spiro atoms. The molecule has 0 radical (unpaired) electrons. The number of halogens is 3. The zero-order chi connectivity index (χ0) is 24.6. The third kappa shape index (κ3) is 5.24. The highest BCUT2D eigenvalue weighted by atomic mass is 19.4. The standard InChI is InChI=1S/C24H26F3N5O3/c25-24(26,27)16-11-19-22(29-13-16)31-21(30-19)15-3-6-20(28-12-15)32-9-7-18(8-10-32)35-17-4-1-14(2-5-17)23(33)34/h3,6,11-14,17-18H,1-2,4-5,7-10H2,(H,33,34)(H,29,30,31). The molecule has 4 heterocycles. The molecule has 8 nitrogen and oxygen atoms in total. The van der Waals surface area contributed by atoms with Crippen molar-refractivity contribution in [3.05, 3.63) is 36.2 Å². The van der Waals surface area contributed by atoms with Gasteiger partial charge in [0.05, 0.1) is 29.2 Å². The number of alkyl halides is 3. The van der Waals surface area contributed by atoms with Gasteiger partial charge in [-0.1, -0.05) is 0 Å². The normalized spacial score (nSPS) is 22.0. The van der Waals surface area contributed by atoms with Gasteiger partial charge in [-0.15, -0.1) is 0 Å². The Kier molecular flexibility index (Phi) is 6.35. The Morgan fingerprint density at radius 3 is 2.37 bits per heavy atom. The Bertz CT molecular complexity index is 1180. The maximum Gasteiger partial charge on any atom is 0.417 e. The van der Waals surface area contributed by atoms with Crippen LogP contribution in [0.4, 0.5) is 19.0 Å². The van der Waals surface area contributed by atoms with Gasteiger partial charge in [0.2, 0.25) is 0 Å². The number of aliphatic carboxylic acids is 1. The summed E-state index contributed by atoms with van der Waals surface area (Å²) >= 11 is 0. The second kappa shape index (κ2) is 9.44. The predicted octanol–water partition coefficient (Wildman–Crippen LogP) is 4.67. The number of piperidine rings is 1. The first-order valence-corrected chi connectivity index (χ1v) is 11.8. The summed E-state index contributed by atoms with van der Waals surface area (Å²) in [5, 5.41) is 9.14. The van der Waals surface area contributed by atoms with Crippen molar-refractivity contribution in [2.24, 2.45) is 5.92 Å². The molecular weight excluding hydrogens is 463 g/mol. The lowest BCUT2D eigenvalue weighted by molar-refractivity contribution is -0.144. The molecule has 2 aliphatic rings. The average molecular weight is 489 g/mol. The lowest BCUT2D eigenvalue weighted by Gasteiger charge is -2.36. The van der Waals surface area contributed by atoms with Crippen LogP contribution in [0.25, 0.3) is 22.6 Å². The number of fused-ring (bicyclic) bond motifs is 1. The van der Waals surface area contributed by atoms with Crippen LogP contribution in [0, 0.1) is 5.92 Å². The number of carbonyl (C=O) groups is 1. The van der Waals surface area contributed by atoms with Gasteiger partial charge in [0.25, 0.3) is 0 Å². The van der Waals surface area contributed by atoms with Gasteiger partial charge >= 0.3 is 12.1 Å². The van der Waals surface area contributed by atoms with Crippen LogP contribution in [0.15, 0.2) is 30.6 Å². The average Bonchev–Trinajstić information content (AvgIpc) is 3.28. The van der Waals surface area contributed by atoms with E-state index in [0.717, 1.165) is 56.9 Å². The molecule has 1 aliphatic heterocycles. The summed E-state index contributed by atoms with van der Waals surface area (Å²) < 4.78 is 45.0. The van der Waals surface area contributed by atoms with E-state index in [1.165, 1.54) is 0 Å². The van der Waals surface area contributed by atoms with Crippen LogP contribution >= 0.6 is 0 Å². The number of imidazole rings is 1. The van der Waals surface area contributed by atoms with Crippen molar-refractivity contribution < 1.29 is 27.8 Å². The number of H-pyrrole nitrogens is 1. The number of carboxylic acids is 1. The summed E-state index contributed by atoms with van der Waals surface area (Å²) in [6, 6.07) is 4.73. The quantitative estimate of drug-likeness (QED) is 0.537. The molecule has 0 unspecified atom stereocenters. The number of aromatic nitrogens is 4. The van der Waals surface area contributed by atoms with E-state index in [9.17, 15) is 18.0 Å². The number of nitrogens with one attached hydrogen (secondary N) is 1. The van der Waals surface area contributed by atoms with Crippen LogP contribution in [0.2, 0.25) is 0 Å². The maximum atomic E-state index is 12.9. The summed E-state index contributed by atoms with van der Waals surface area (Å²) in [7, 11) is 0. The number of anilines is 1. The van der Waals surface area contributed by atoms with E-state index in [0.29, 0.717) is 24.2 Å². The molecule has 0 aromatic carbocycles. The van der Waals surface area contributed by atoms with Crippen molar-refractivity contribution >= 4 is 23.0 Å². The zero-order valence-electron chi connectivity index (χ0n) is 19.0. The molecule has 0 atom stereocenters. The number of hydrogen-bond donors (Lipinski definition) is 2. The minimum absolute atomic E-state index is 0.144. The van der Waals surface area contributed by atoms with Gasteiger partial charge in [-0.3, -0.25) is 4.79 Å². The molecule has 0 bridgehead atoms. The summed E-state index contributed by atoms with van der Waals surface area (Å²) in [5.74, 6) is 0.292. The molecule has 5 rings (SSSR count). The highest BCUT2D eigenvalue weighted by Gasteiger charge is 2.32. The summed E-state index contributed by atoms with van der Waals surface area (Å²) in [6.07, 6.45) is 2.99. The number of carboxylic acid groups (broad SMARTS) is 1. The van der Waals surface area contributed by atoms with Crippen LogP contribution in [0.5, 0.6) is 0 Å². The Hall–Kier alpha value is -3.21. The fourth-order valence-electron chi connectivity index (χ4n) is 4.84. The fourth-order valence-corrected chi connectivity index (χ4v) is 4.84. The number of hydrogen-bond acceptors (Lipinski definition) is 6. The van der Waals surface area contributed by atoms with Crippen molar-refractivity contribution in [2.45, 2.75) is 56.9 Å². The predicted molar refractivity (Wildman–Crippen MR) is 122 cm³/mol. The molecule has 2 N–H and O–H groups in total. The number of aromatic amines is 1. The third-order valence-corrected chi connectivity index (χ3v) is 6.86. The van der Waals surface area contributed by atoms with Gasteiger partial charge in [-0.05, 0) is 56.7 Å². The highest BCUT2D eigenvalue weighted by Crippen LogP contribution is 2.32. The third-order valence-electron chi connectivity index (χ3n) is 6.86. The van der Waals surface area contributed by atoms with Gasteiger partial charge in [0.15, 0.2) is 5.65 Å². The smallest absolute Gasteiger partial charge is 0.417 e. The summed E-state index contributed by atoms with van der Waals surface area (Å²) in [6.45, 7) is 1.60. The molecule has 1 saturated carbocycles. The van der Waals surface area contributed by atoms with Crippen molar-refractivity contribution in [3.8, 4) is 11.4 Å². The first kappa shape index (κ1) is 23.5. The second-order valence-electron chi connectivity index (χ2n) is 9.22. The molecular formula is C24H26F3N5O3. The SMILES string of the molecule is O=C(O)C1CCC(OC2CCN(c3ccc(-c4nc5ncc(C(F)(F)F)cc5[nH]4)cn3)CC2)CC1. The van der Waals surface area contributed by atoms with Gasteiger partial charge < -0.3 is 19.7 Å². The lowest BCUT2D eigenvalue weighted by atomic mass is 9.87. The second-order valence-corrected chi connectivity index (χ2v) is 9.22. The lowest BCUT2D eigenvalue weighted by Crippen LogP contribution is -2.39. The van der Waals surface area contributed by atoms with E-state index < -0.39 is 17.7 Å².